The second-order valence-corrected chi connectivity index (χ2v) is 5.25. The lowest BCUT2D eigenvalue weighted by Crippen LogP contribution is -2.35. The van der Waals surface area contributed by atoms with Crippen LogP contribution in [0, 0.1) is 11.7 Å². The van der Waals surface area contributed by atoms with Crippen molar-refractivity contribution in [3.8, 4) is 0 Å². The molecule has 0 aliphatic carbocycles. The van der Waals surface area contributed by atoms with Gasteiger partial charge in [-0.3, -0.25) is 4.90 Å². The van der Waals surface area contributed by atoms with Crippen LogP contribution in [0.2, 0.25) is 0 Å². The average molecular weight is 251 g/mol. The van der Waals surface area contributed by atoms with Crippen molar-refractivity contribution in [2.75, 3.05) is 13.1 Å². The van der Waals surface area contributed by atoms with E-state index >= 15 is 0 Å². The summed E-state index contributed by atoms with van der Waals surface area (Å²) in [7, 11) is -1.61. The maximum atomic E-state index is 13.4. The maximum Gasteiger partial charge on any atom is 0.488 e. The minimum Gasteiger partial charge on any atom is -0.423 e. The number of halogens is 1. The monoisotopic (exact) mass is 251 g/mol. The molecule has 0 amide bonds. The zero-order valence-electron chi connectivity index (χ0n) is 10.6. The molecule has 2 N–H and O–H groups in total. The van der Waals surface area contributed by atoms with Crippen LogP contribution in [0.4, 0.5) is 4.39 Å². The Hall–Kier alpha value is -0.905. The third kappa shape index (κ3) is 3.54. The van der Waals surface area contributed by atoms with Gasteiger partial charge < -0.3 is 10.0 Å². The fraction of sp³-hybridized carbons (Fsp3) is 0.538. The lowest BCUT2D eigenvalue weighted by Gasteiger charge is -2.30. The van der Waals surface area contributed by atoms with Crippen LogP contribution in [0.5, 0.6) is 0 Å². The van der Waals surface area contributed by atoms with E-state index in [4.69, 9.17) is 10.0 Å². The Kier molecular flexibility index (Phi) is 4.38. The Morgan fingerprint density at radius 1 is 1.39 bits per heavy atom. The molecule has 1 saturated heterocycles. The molecule has 0 spiro atoms. The van der Waals surface area contributed by atoms with Crippen molar-refractivity contribution in [1.82, 2.24) is 4.90 Å². The fourth-order valence-corrected chi connectivity index (χ4v) is 2.60. The average Bonchev–Trinajstić information content (AvgIpc) is 2.28. The van der Waals surface area contributed by atoms with Crippen molar-refractivity contribution >= 4 is 12.6 Å². The number of rotatable bonds is 3. The summed E-state index contributed by atoms with van der Waals surface area (Å²) in [5.74, 6) is 0.260. The van der Waals surface area contributed by atoms with E-state index in [1.54, 1.807) is 6.07 Å². The first-order valence-corrected chi connectivity index (χ1v) is 6.42. The predicted octanol–water partition coefficient (Wildman–Crippen LogP) is 0.737. The number of piperidine rings is 1. The first-order chi connectivity index (χ1) is 8.54. The van der Waals surface area contributed by atoms with Crippen molar-refractivity contribution < 1.29 is 14.4 Å². The lowest BCUT2D eigenvalue weighted by atomic mass is 9.79. The zero-order valence-corrected chi connectivity index (χ0v) is 10.6. The topological polar surface area (TPSA) is 43.7 Å². The largest absolute Gasteiger partial charge is 0.488 e. The first kappa shape index (κ1) is 13.5. The predicted molar refractivity (Wildman–Crippen MR) is 69.9 cm³/mol. The summed E-state index contributed by atoms with van der Waals surface area (Å²) in [6, 6.07) is 4.28. The van der Waals surface area contributed by atoms with Crippen LogP contribution in [0.1, 0.15) is 25.3 Å². The van der Waals surface area contributed by atoms with Gasteiger partial charge >= 0.3 is 7.12 Å². The van der Waals surface area contributed by atoms with Crippen LogP contribution in [0.15, 0.2) is 18.2 Å². The van der Waals surface area contributed by atoms with Gasteiger partial charge in [0.25, 0.3) is 0 Å². The molecule has 2 rings (SSSR count). The van der Waals surface area contributed by atoms with Gasteiger partial charge in [-0.25, -0.2) is 4.39 Å². The number of hydrogen-bond donors (Lipinski definition) is 2. The van der Waals surface area contributed by atoms with Gasteiger partial charge in [-0.1, -0.05) is 13.0 Å². The van der Waals surface area contributed by atoms with E-state index in [9.17, 15) is 4.39 Å². The van der Waals surface area contributed by atoms with Crippen LogP contribution >= 0.6 is 0 Å². The molecule has 1 fully saturated rings. The maximum absolute atomic E-state index is 13.4. The van der Waals surface area contributed by atoms with E-state index in [2.05, 4.69) is 11.8 Å². The summed E-state index contributed by atoms with van der Waals surface area (Å²) >= 11 is 0. The van der Waals surface area contributed by atoms with Crippen LogP contribution < -0.4 is 5.46 Å². The van der Waals surface area contributed by atoms with Crippen molar-refractivity contribution in [3.63, 3.8) is 0 Å². The molecule has 1 aliphatic rings. The summed E-state index contributed by atoms with van der Waals surface area (Å²) in [4.78, 5) is 2.29. The highest BCUT2D eigenvalue weighted by atomic mass is 19.1. The molecule has 1 atom stereocenters. The number of likely N-dealkylation sites (tertiary alicyclic amines) is 1. The van der Waals surface area contributed by atoms with Crippen LogP contribution in [0.25, 0.3) is 0 Å². The lowest BCUT2D eigenvalue weighted by molar-refractivity contribution is 0.176. The smallest absolute Gasteiger partial charge is 0.423 e. The molecule has 1 aliphatic heterocycles. The number of benzene rings is 1. The normalized spacial score (nSPS) is 21.0. The molecular formula is C13H19BFNO2. The first-order valence-electron chi connectivity index (χ1n) is 6.42. The Morgan fingerprint density at radius 3 is 2.83 bits per heavy atom. The van der Waals surface area contributed by atoms with Crippen molar-refractivity contribution in [3.05, 3.63) is 29.6 Å². The Morgan fingerprint density at radius 2 is 2.17 bits per heavy atom. The number of nitrogens with zero attached hydrogens (tertiary/aromatic N) is 1. The zero-order chi connectivity index (χ0) is 13.1. The van der Waals surface area contributed by atoms with E-state index < -0.39 is 12.9 Å². The summed E-state index contributed by atoms with van der Waals surface area (Å²) in [6.07, 6.45) is 2.42. The quantitative estimate of drug-likeness (QED) is 0.778. The molecule has 0 bridgehead atoms. The molecule has 0 radical (unpaired) electrons. The molecule has 1 unspecified atom stereocenters. The molecule has 1 heterocycles. The van der Waals surface area contributed by atoms with Gasteiger partial charge in [0.1, 0.15) is 5.82 Å². The Bertz CT molecular complexity index is 414. The van der Waals surface area contributed by atoms with E-state index in [0.29, 0.717) is 12.5 Å². The van der Waals surface area contributed by atoms with E-state index in [-0.39, 0.29) is 5.46 Å². The molecule has 1 aromatic carbocycles. The number of hydrogen-bond acceptors (Lipinski definition) is 3. The van der Waals surface area contributed by atoms with E-state index in [1.807, 2.05) is 0 Å². The van der Waals surface area contributed by atoms with Crippen molar-refractivity contribution in [1.29, 1.82) is 0 Å². The second kappa shape index (κ2) is 5.82. The van der Waals surface area contributed by atoms with E-state index in [1.165, 1.54) is 18.9 Å². The second-order valence-electron chi connectivity index (χ2n) is 5.25. The summed E-state index contributed by atoms with van der Waals surface area (Å²) in [6.45, 7) is 4.94. The van der Waals surface area contributed by atoms with Crippen molar-refractivity contribution in [2.45, 2.75) is 26.3 Å². The molecule has 3 nitrogen and oxygen atoms in total. The highest BCUT2D eigenvalue weighted by molar-refractivity contribution is 6.58. The van der Waals surface area contributed by atoms with Crippen molar-refractivity contribution in [2.24, 2.45) is 5.92 Å². The molecule has 0 aromatic heterocycles. The molecule has 18 heavy (non-hydrogen) atoms. The van der Waals surface area contributed by atoms with Gasteiger partial charge in [0.15, 0.2) is 0 Å². The molecule has 1 aromatic rings. The highest BCUT2D eigenvalue weighted by Crippen LogP contribution is 2.17. The SMILES string of the molecule is CC1CCCN(Cc2cc(F)cc(B(O)O)c2)C1. The Labute approximate surface area is 107 Å². The van der Waals surface area contributed by atoms with Gasteiger partial charge in [-0.15, -0.1) is 0 Å². The van der Waals surface area contributed by atoms with Crippen LogP contribution in [0.3, 0.4) is 0 Å². The fourth-order valence-electron chi connectivity index (χ4n) is 2.60. The minimum atomic E-state index is -1.61. The summed E-state index contributed by atoms with van der Waals surface area (Å²) in [5.41, 5.74) is 1.02. The third-order valence-electron chi connectivity index (χ3n) is 3.43. The highest BCUT2D eigenvalue weighted by Gasteiger charge is 2.18. The van der Waals surface area contributed by atoms with Crippen LogP contribution in [-0.2, 0) is 6.54 Å². The van der Waals surface area contributed by atoms with Crippen LogP contribution in [-0.4, -0.2) is 35.2 Å². The van der Waals surface area contributed by atoms with E-state index in [0.717, 1.165) is 24.7 Å². The minimum absolute atomic E-state index is 0.218. The van der Waals surface area contributed by atoms with Gasteiger partial charge in [0.05, 0.1) is 0 Å². The van der Waals surface area contributed by atoms with Gasteiger partial charge in [-0.05, 0) is 48.5 Å². The molecule has 98 valence electrons. The summed E-state index contributed by atoms with van der Waals surface area (Å²) < 4.78 is 13.4. The third-order valence-corrected chi connectivity index (χ3v) is 3.43. The molecule has 0 saturated carbocycles. The van der Waals surface area contributed by atoms with Gasteiger partial charge in [-0.2, -0.15) is 0 Å². The Balaban J connectivity index is 2.08. The van der Waals surface area contributed by atoms with Gasteiger partial charge in [0.2, 0.25) is 0 Å². The van der Waals surface area contributed by atoms with Gasteiger partial charge in [0, 0.05) is 13.1 Å². The molecular weight excluding hydrogens is 232 g/mol. The summed E-state index contributed by atoms with van der Waals surface area (Å²) in [5, 5.41) is 18.2. The molecule has 5 heteroatoms. The standard InChI is InChI=1S/C13H19BFNO2/c1-10-3-2-4-16(8-10)9-11-5-12(14(17)18)7-13(15)6-11/h5-7,10,17-18H,2-4,8-9H2,1H3.